The monoisotopic (exact) mass is 170 g/mol. The number of hydrogen-bond acceptors (Lipinski definition) is 2. The van der Waals surface area contributed by atoms with Crippen LogP contribution in [-0.2, 0) is 9.53 Å². The van der Waals surface area contributed by atoms with Gasteiger partial charge in [0.05, 0.1) is 6.61 Å². The highest BCUT2D eigenvalue weighted by Crippen LogP contribution is 2.08. The minimum absolute atomic E-state index is 0.159. The van der Waals surface area contributed by atoms with Crippen molar-refractivity contribution in [2.75, 3.05) is 6.61 Å². The van der Waals surface area contributed by atoms with E-state index in [1.165, 1.54) is 0 Å². The second-order valence-corrected chi connectivity index (χ2v) is 2.64. The van der Waals surface area contributed by atoms with Crippen molar-refractivity contribution in [3.05, 3.63) is 11.6 Å². The molecule has 0 N–H and O–H groups in total. The van der Waals surface area contributed by atoms with E-state index in [1.54, 1.807) is 0 Å². The van der Waals surface area contributed by atoms with E-state index in [9.17, 15) is 4.79 Å². The molecule has 0 atom stereocenters. The van der Waals surface area contributed by atoms with Gasteiger partial charge >= 0.3 is 5.97 Å². The smallest absolute Gasteiger partial charge is 0.333 e. The van der Waals surface area contributed by atoms with E-state index in [4.69, 9.17) is 4.74 Å². The average molecular weight is 170 g/mol. The molecule has 0 unspecified atom stereocenters. The van der Waals surface area contributed by atoms with Crippen molar-refractivity contribution in [2.24, 2.45) is 0 Å². The predicted octanol–water partition coefficient (Wildman–Crippen LogP) is 2.69. The van der Waals surface area contributed by atoms with Gasteiger partial charge in [-0.2, -0.15) is 0 Å². The second-order valence-electron chi connectivity index (χ2n) is 2.64. The molecule has 2 nitrogen and oxygen atoms in total. The summed E-state index contributed by atoms with van der Waals surface area (Å²) in [6.45, 7) is 6.27. The summed E-state index contributed by atoms with van der Waals surface area (Å²) in [6.07, 6.45) is 4.84. The normalized spacial score (nSPS) is 11.4. The van der Waals surface area contributed by atoms with Gasteiger partial charge in [0.1, 0.15) is 0 Å². The molecule has 0 spiro atoms. The Morgan fingerprint density at radius 3 is 2.50 bits per heavy atom. The van der Waals surface area contributed by atoms with Gasteiger partial charge in [-0.15, -0.1) is 0 Å². The number of ether oxygens (including phenoxy) is 1. The van der Waals surface area contributed by atoms with Crippen LogP contribution in [0.3, 0.4) is 0 Å². The van der Waals surface area contributed by atoms with Crippen molar-refractivity contribution < 1.29 is 9.53 Å². The molecule has 70 valence electrons. The van der Waals surface area contributed by atoms with E-state index in [2.05, 4.69) is 6.92 Å². The van der Waals surface area contributed by atoms with Crippen LogP contribution >= 0.6 is 0 Å². The van der Waals surface area contributed by atoms with Crippen LogP contribution in [0, 0.1) is 0 Å². The van der Waals surface area contributed by atoms with Gasteiger partial charge in [0.15, 0.2) is 0 Å². The molecule has 0 aromatic heterocycles. The molecule has 0 saturated heterocycles. The van der Waals surface area contributed by atoms with Crippen molar-refractivity contribution in [1.29, 1.82) is 0 Å². The lowest BCUT2D eigenvalue weighted by molar-refractivity contribution is -0.138. The first-order chi connectivity index (χ1) is 5.76. The van der Waals surface area contributed by atoms with E-state index >= 15 is 0 Å². The Morgan fingerprint density at radius 2 is 2.08 bits per heavy atom. The molecule has 0 heterocycles. The van der Waals surface area contributed by atoms with E-state index in [-0.39, 0.29) is 5.97 Å². The Labute approximate surface area is 74.6 Å². The average Bonchev–Trinajstić information content (AvgIpc) is 2.06. The Bertz CT molecular complexity index is 159. The lowest BCUT2D eigenvalue weighted by Gasteiger charge is -2.04. The third kappa shape index (κ3) is 4.16. The zero-order chi connectivity index (χ0) is 9.40. The number of allylic oxidation sites excluding steroid dienone is 1. The molecule has 0 aliphatic rings. The minimum Gasteiger partial charge on any atom is -0.463 e. The van der Waals surface area contributed by atoms with E-state index in [0.717, 1.165) is 24.8 Å². The third-order valence-corrected chi connectivity index (χ3v) is 1.69. The van der Waals surface area contributed by atoms with Crippen LogP contribution in [0.1, 0.15) is 40.0 Å². The first kappa shape index (κ1) is 11.2. The summed E-state index contributed by atoms with van der Waals surface area (Å²) in [6, 6.07) is 0. The molecule has 0 aliphatic heterocycles. The summed E-state index contributed by atoms with van der Waals surface area (Å²) in [5.41, 5.74) is 0.804. The van der Waals surface area contributed by atoms with Crippen molar-refractivity contribution in [3.8, 4) is 0 Å². The summed E-state index contributed by atoms with van der Waals surface area (Å²) in [7, 11) is 0. The van der Waals surface area contributed by atoms with Gasteiger partial charge in [-0.25, -0.2) is 4.79 Å². The Balaban J connectivity index is 3.90. The highest BCUT2D eigenvalue weighted by Gasteiger charge is 2.07. The maximum atomic E-state index is 11.2. The van der Waals surface area contributed by atoms with E-state index in [1.807, 2.05) is 19.9 Å². The topological polar surface area (TPSA) is 26.3 Å². The van der Waals surface area contributed by atoms with Gasteiger partial charge in [-0.05, 0) is 26.7 Å². The van der Waals surface area contributed by atoms with Crippen LogP contribution < -0.4 is 0 Å². The molecule has 0 aromatic carbocycles. The maximum Gasteiger partial charge on any atom is 0.333 e. The molecule has 0 rings (SSSR count). The molecule has 0 radical (unpaired) electrons. The summed E-state index contributed by atoms with van der Waals surface area (Å²) in [5.74, 6) is -0.159. The molecule has 12 heavy (non-hydrogen) atoms. The number of rotatable bonds is 5. The van der Waals surface area contributed by atoms with Gasteiger partial charge in [-0.3, -0.25) is 0 Å². The van der Waals surface area contributed by atoms with Crippen molar-refractivity contribution in [1.82, 2.24) is 0 Å². The van der Waals surface area contributed by atoms with Crippen LogP contribution in [0.4, 0.5) is 0 Å². The van der Waals surface area contributed by atoms with E-state index < -0.39 is 0 Å². The third-order valence-electron chi connectivity index (χ3n) is 1.69. The fraction of sp³-hybridized carbons (Fsp3) is 0.700. The van der Waals surface area contributed by atoms with Crippen LogP contribution in [0.25, 0.3) is 0 Å². The van der Waals surface area contributed by atoms with Crippen molar-refractivity contribution in [3.63, 3.8) is 0 Å². The summed E-state index contributed by atoms with van der Waals surface area (Å²) in [4.78, 5) is 11.2. The van der Waals surface area contributed by atoms with E-state index in [0.29, 0.717) is 6.61 Å². The van der Waals surface area contributed by atoms with Gasteiger partial charge in [0.25, 0.3) is 0 Å². The van der Waals surface area contributed by atoms with Gasteiger partial charge in [-0.1, -0.05) is 19.4 Å². The predicted molar refractivity (Wildman–Crippen MR) is 49.9 cm³/mol. The van der Waals surface area contributed by atoms with Crippen LogP contribution in [-0.4, -0.2) is 12.6 Å². The molecular formula is C10H18O2. The van der Waals surface area contributed by atoms with Gasteiger partial charge in [0, 0.05) is 5.57 Å². The van der Waals surface area contributed by atoms with Crippen molar-refractivity contribution >= 4 is 5.97 Å². The number of unbranched alkanes of at least 4 members (excludes halogenated alkanes) is 1. The van der Waals surface area contributed by atoms with Crippen LogP contribution in [0.5, 0.6) is 0 Å². The number of hydrogen-bond donors (Lipinski definition) is 0. The molecule has 0 aromatic rings. The lowest BCUT2D eigenvalue weighted by atomic mass is 10.1. The first-order valence-corrected chi connectivity index (χ1v) is 4.58. The number of esters is 1. The quantitative estimate of drug-likeness (QED) is 0.468. The standard InChI is InChI=1S/C10H18O2/c1-4-7-8-9(5-2)10(11)12-6-3/h5H,4,6-8H2,1-3H3. The summed E-state index contributed by atoms with van der Waals surface area (Å²) >= 11 is 0. The second kappa shape index (κ2) is 6.89. The first-order valence-electron chi connectivity index (χ1n) is 4.58. The zero-order valence-corrected chi connectivity index (χ0v) is 8.22. The van der Waals surface area contributed by atoms with Crippen LogP contribution in [0.2, 0.25) is 0 Å². The molecule has 0 fully saturated rings. The molecule has 0 aliphatic carbocycles. The van der Waals surface area contributed by atoms with Crippen molar-refractivity contribution in [2.45, 2.75) is 40.0 Å². The minimum atomic E-state index is -0.159. The highest BCUT2D eigenvalue weighted by molar-refractivity contribution is 5.88. The lowest BCUT2D eigenvalue weighted by Crippen LogP contribution is -2.07. The zero-order valence-electron chi connectivity index (χ0n) is 8.22. The van der Waals surface area contributed by atoms with Gasteiger partial charge in [0.2, 0.25) is 0 Å². The molecule has 0 amide bonds. The Hall–Kier alpha value is -0.790. The number of carbonyl (C=O) groups excluding carboxylic acids is 1. The fourth-order valence-electron chi connectivity index (χ4n) is 0.955. The molecular weight excluding hydrogens is 152 g/mol. The molecule has 0 bridgehead atoms. The Morgan fingerprint density at radius 1 is 1.42 bits per heavy atom. The van der Waals surface area contributed by atoms with Crippen LogP contribution in [0.15, 0.2) is 11.6 Å². The summed E-state index contributed by atoms with van der Waals surface area (Å²) in [5, 5.41) is 0. The van der Waals surface area contributed by atoms with Gasteiger partial charge < -0.3 is 4.74 Å². The number of carbonyl (C=O) groups is 1. The molecule has 0 saturated carbocycles. The molecule has 2 heteroatoms. The SMILES string of the molecule is CC=C(CCCC)C(=O)OCC. The summed E-state index contributed by atoms with van der Waals surface area (Å²) < 4.78 is 4.88. The Kier molecular flexibility index (Phi) is 6.44. The largest absolute Gasteiger partial charge is 0.463 e. The highest BCUT2D eigenvalue weighted by atomic mass is 16.5. The fourth-order valence-corrected chi connectivity index (χ4v) is 0.955. The maximum absolute atomic E-state index is 11.2.